The van der Waals surface area contributed by atoms with Gasteiger partial charge in [0.1, 0.15) is 0 Å². The van der Waals surface area contributed by atoms with Gasteiger partial charge in [-0.3, -0.25) is 9.67 Å². The van der Waals surface area contributed by atoms with Crippen LogP contribution in [0.2, 0.25) is 0 Å². The molecule has 1 rings (SSSR count). The van der Waals surface area contributed by atoms with Crippen LogP contribution in [0.4, 0.5) is 0 Å². The third kappa shape index (κ3) is 6.34. The Morgan fingerprint density at radius 2 is 1.92 bits per heavy atom. The minimum atomic E-state index is 0.285. The quantitative estimate of drug-likeness (QED) is 0.502. The Bertz CT molecular complexity index is 536. The Hall–Kier alpha value is -1.56. The van der Waals surface area contributed by atoms with Gasteiger partial charge in [-0.15, -0.1) is 0 Å². The standard InChI is InChI=1S/C19H37N5O/c1-8-16-15(17(9-2)24(7)23-16)13-22-19(20-6)21-12-11-18(14(4)5)25-10-3/h14,18H,8-13H2,1-7H3,(H2,20,21,22). The van der Waals surface area contributed by atoms with Crippen LogP contribution in [0.15, 0.2) is 4.99 Å². The van der Waals surface area contributed by atoms with Crippen LogP contribution < -0.4 is 10.6 Å². The first-order valence-corrected chi connectivity index (χ1v) is 9.57. The summed E-state index contributed by atoms with van der Waals surface area (Å²) in [7, 11) is 3.83. The van der Waals surface area contributed by atoms with Crippen LogP contribution in [0.5, 0.6) is 0 Å². The molecule has 6 heteroatoms. The molecule has 0 amide bonds. The normalized spacial score (nSPS) is 13.4. The zero-order chi connectivity index (χ0) is 18.8. The fraction of sp³-hybridized carbons (Fsp3) is 0.789. The molecule has 0 spiro atoms. The van der Waals surface area contributed by atoms with Crippen molar-refractivity contribution in [2.24, 2.45) is 18.0 Å². The summed E-state index contributed by atoms with van der Waals surface area (Å²) in [5, 5.41) is 11.5. The molecule has 144 valence electrons. The Labute approximate surface area is 153 Å². The number of aromatic nitrogens is 2. The van der Waals surface area contributed by atoms with Crippen LogP contribution in [0.1, 0.15) is 58.0 Å². The first-order chi connectivity index (χ1) is 12.0. The highest BCUT2D eigenvalue weighted by atomic mass is 16.5. The van der Waals surface area contributed by atoms with Gasteiger partial charge in [-0.1, -0.05) is 27.7 Å². The molecule has 1 aromatic heterocycles. The molecule has 1 atom stereocenters. The number of nitrogens with zero attached hydrogens (tertiary/aromatic N) is 3. The highest BCUT2D eigenvalue weighted by Crippen LogP contribution is 2.15. The minimum Gasteiger partial charge on any atom is -0.378 e. The summed E-state index contributed by atoms with van der Waals surface area (Å²) < 4.78 is 7.80. The zero-order valence-electron chi connectivity index (χ0n) is 17.1. The summed E-state index contributed by atoms with van der Waals surface area (Å²) in [4.78, 5) is 4.33. The van der Waals surface area contributed by atoms with Gasteiger partial charge >= 0.3 is 0 Å². The molecule has 0 aliphatic heterocycles. The Kier molecular flexibility index (Phi) is 9.57. The second-order valence-electron chi connectivity index (χ2n) is 6.58. The molecule has 0 bridgehead atoms. The van der Waals surface area contributed by atoms with Gasteiger partial charge in [-0.25, -0.2) is 0 Å². The predicted octanol–water partition coefficient (Wildman–Crippen LogP) is 2.66. The molecule has 0 saturated carbocycles. The van der Waals surface area contributed by atoms with E-state index in [1.54, 1.807) is 0 Å². The topological polar surface area (TPSA) is 63.5 Å². The van der Waals surface area contributed by atoms with Gasteiger partial charge in [0, 0.05) is 45.0 Å². The van der Waals surface area contributed by atoms with Crippen molar-refractivity contribution in [1.82, 2.24) is 20.4 Å². The van der Waals surface area contributed by atoms with Gasteiger partial charge in [0.25, 0.3) is 0 Å². The van der Waals surface area contributed by atoms with Crippen LogP contribution in [0.3, 0.4) is 0 Å². The second-order valence-corrected chi connectivity index (χ2v) is 6.58. The maximum atomic E-state index is 5.80. The molecule has 2 N–H and O–H groups in total. The van der Waals surface area contributed by atoms with Crippen molar-refractivity contribution in [2.45, 2.75) is 66.5 Å². The molecule has 1 aromatic rings. The van der Waals surface area contributed by atoms with E-state index >= 15 is 0 Å². The van der Waals surface area contributed by atoms with Crippen molar-refractivity contribution in [2.75, 3.05) is 20.2 Å². The van der Waals surface area contributed by atoms with Gasteiger partial charge in [-0.05, 0) is 32.1 Å². The molecular weight excluding hydrogens is 314 g/mol. The first-order valence-electron chi connectivity index (χ1n) is 9.57. The van der Waals surface area contributed by atoms with Gasteiger partial charge in [-0.2, -0.15) is 5.10 Å². The Morgan fingerprint density at radius 3 is 2.44 bits per heavy atom. The molecule has 0 fully saturated rings. The molecule has 0 saturated heterocycles. The largest absolute Gasteiger partial charge is 0.378 e. The van der Waals surface area contributed by atoms with E-state index in [0.717, 1.165) is 44.9 Å². The summed E-state index contributed by atoms with van der Waals surface area (Å²) >= 11 is 0. The van der Waals surface area contributed by atoms with Gasteiger partial charge < -0.3 is 15.4 Å². The van der Waals surface area contributed by atoms with Crippen molar-refractivity contribution in [3.05, 3.63) is 17.0 Å². The lowest BCUT2D eigenvalue weighted by Crippen LogP contribution is -2.39. The van der Waals surface area contributed by atoms with Crippen molar-refractivity contribution in [1.29, 1.82) is 0 Å². The summed E-state index contributed by atoms with van der Waals surface area (Å²) in [5.74, 6) is 1.35. The lowest BCUT2D eigenvalue weighted by molar-refractivity contribution is 0.0258. The second kappa shape index (κ2) is 11.1. The Balaban J connectivity index is 2.58. The van der Waals surface area contributed by atoms with E-state index in [1.807, 2.05) is 25.7 Å². The number of hydrogen-bond acceptors (Lipinski definition) is 3. The molecule has 0 aliphatic rings. The third-order valence-electron chi connectivity index (χ3n) is 4.53. The smallest absolute Gasteiger partial charge is 0.191 e. The van der Waals surface area contributed by atoms with Crippen LogP contribution >= 0.6 is 0 Å². The van der Waals surface area contributed by atoms with E-state index in [2.05, 4.69) is 48.4 Å². The number of aliphatic imine (C=N–C) groups is 1. The van der Waals surface area contributed by atoms with Crippen molar-refractivity contribution in [3.63, 3.8) is 0 Å². The predicted molar refractivity (Wildman–Crippen MR) is 105 cm³/mol. The average molecular weight is 352 g/mol. The van der Waals surface area contributed by atoms with Crippen molar-refractivity contribution in [3.8, 4) is 0 Å². The van der Waals surface area contributed by atoms with E-state index in [-0.39, 0.29) is 6.10 Å². The zero-order valence-corrected chi connectivity index (χ0v) is 17.1. The molecule has 6 nitrogen and oxygen atoms in total. The number of guanidine groups is 1. The molecule has 0 aromatic carbocycles. The summed E-state index contributed by atoms with van der Waals surface area (Å²) in [6.45, 7) is 13.1. The van der Waals surface area contributed by atoms with E-state index in [4.69, 9.17) is 4.74 Å². The van der Waals surface area contributed by atoms with E-state index in [9.17, 15) is 0 Å². The number of nitrogens with one attached hydrogen (secondary N) is 2. The number of aryl methyl sites for hydroxylation is 2. The number of ether oxygens (including phenoxy) is 1. The molecular formula is C19H37N5O. The van der Waals surface area contributed by atoms with E-state index in [1.165, 1.54) is 17.0 Å². The lowest BCUT2D eigenvalue weighted by Gasteiger charge is -2.21. The summed E-state index contributed by atoms with van der Waals surface area (Å²) in [6, 6.07) is 0. The summed E-state index contributed by atoms with van der Waals surface area (Å²) in [6.07, 6.45) is 3.19. The molecule has 0 aliphatic carbocycles. The van der Waals surface area contributed by atoms with Crippen molar-refractivity contribution >= 4 is 5.96 Å². The fourth-order valence-corrected chi connectivity index (χ4v) is 3.14. The first kappa shape index (κ1) is 21.5. The summed E-state index contributed by atoms with van der Waals surface area (Å²) in [5.41, 5.74) is 3.75. The maximum absolute atomic E-state index is 5.80. The van der Waals surface area contributed by atoms with Crippen molar-refractivity contribution < 1.29 is 4.74 Å². The molecule has 1 heterocycles. The number of rotatable bonds is 10. The van der Waals surface area contributed by atoms with E-state index in [0.29, 0.717) is 5.92 Å². The van der Waals surface area contributed by atoms with Gasteiger partial charge in [0.05, 0.1) is 11.8 Å². The van der Waals surface area contributed by atoms with Gasteiger partial charge in [0.2, 0.25) is 0 Å². The van der Waals surface area contributed by atoms with Crippen LogP contribution in [-0.2, 0) is 31.2 Å². The minimum absolute atomic E-state index is 0.285. The SMILES string of the molecule is CCOC(CCNC(=NC)NCc1c(CC)nn(C)c1CC)C(C)C. The lowest BCUT2D eigenvalue weighted by atomic mass is 10.0. The highest BCUT2D eigenvalue weighted by Gasteiger charge is 2.15. The average Bonchev–Trinajstić information content (AvgIpc) is 2.91. The molecule has 1 unspecified atom stereocenters. The maximum Gasteiger partial charge on any atom is 0.191 e. The number of hydrogen-bond donors (Lipinski definition) is 2. The van der Waals surface area contributed by atoms with Gasteiger partial charge in [0.15, 0.2) is 5.96 Å². The Morgan fingerprint density at radius 1 is 1.20 bits per heavy atom. The van der Waals surface area contributed by atoms with Crippen LogP contribution in [0.25, 0.3) is 0 Å². The monoisotopic (exact) mass is 351 g/mol. The fourth-order valence-electron chi connectivity index (χ4n) is 3.14. The van der Waals surface area contributed by atoms with E-state index < -0.39 is 0 Å². The molecule has 25 heavy (non-hydrogen) atoms. The third-order valence-corrected chi connectivity index (χ3v) is 4.53. The molecule has 0 radical (unpaired) electrons. The van der Waals surface area contributed by atoms with Crippen LogP contribution in [-0.4, -0.2) is 42.0 Å². The highest BCUT2D eigenvalue weighted by molar-refractivity contribution is 5.79. The van der Waals surface area contributed by atoms with Crippen LogP contribution in [0, 0.1) is 5.92 Å².